The number of halogens is 1. The zero-order valence-electron chi connectivity index (χ0n) is 17.8. The molecule has 4 rings (SSSR count). The lowest BCUT2D eigenvalue weighted by molar-refractivity contribution is -0.115. The van der Waals surface area contributed by atoms with E-state index in [1.165, 1.54) is 11.8 Å². The molecule has 0 aliphatic carbocycles. The lowest BCUT2D eigenvalue weighted by Crippen LogP contribution is -2.24. The fourth-order valence-corrected chi connectivity index (χ4v) is 4.29. The predicted octanol–water partition coefficient (Wildman–Crippen LogP) is 5.34. The number of hydrogen-bond acceptors (Lipinski definition) is 4. The quantitative estimate of drug-likeness (QED) is 0.511. The number of carbonyl (C=O) groups is 2. The van der Waals surface area contributed by atoms with E-state index in [9.17, 15) is 9.59 Å². The van der Waals surface area contributed by atoms with Crippen LogP contribution in [0.3, 0.4) is 0 Å². The summed E-state index contributed by atoms with van der Waals surface area (Å²) in [4.78, 5) is 30.1. The number of benzene rings is 2. The first-order valence-electron chi connectivity index (χ1n) is 9.93. The van der Waals surface area contributed by atoms with Crippen molar-refractivity contribution in [2.75, 3.05) is 5.43 Å². The summed E-state index contributed by atoms with van der Waals surface area (Å²) in [7, 11) is 0. The van der Waals surface area contributed by atoms with Gasteiger partial charge in [0, 0.05) is 22.0 Å². The molecule has 1 aliphatic rings. The van der Waals surface area contributed by atoms with Gasteiger partial charge in [-0.25, -0.2) is 4.99 Å². The zero-order chi connectivity index (χ0) is 22.8. The van der Waals surface area contributed by atoms with Gasteiger partial charge in [0.1, 0.15) is 0 Å². The first-order valence-corrected chi connectivity index (χ1v) is 11.1. The number of aromatic nitrogens is 1. The normalized spacial score (nSPS) is 15.9. The van der Waals surface area contributed by atoms with E-state index in [4.69, 9.17) is 11.6 Å². The average Bonchev–Trinajstić information content (AvgIpc) is 3.24. The minimum absolute atomic E-state index is 0.203. The molecule has 2 amide bonds. The SMILES string of the molecule is Cc1ccc(Cl)cc1N=C1NC(=O)/C(=C/c2cc(C)n(NC(=O)c3ccccc3)c2C)S1. The lowest BCUT2D eigenvalue weighted by atomic mass is 10.2. The van der Waals surface area contributed by atoms with Gasteiger partial charge in [-0.2, -0.15) is 0 Å². The van der Waals surface area contributed by atoms with E-state index < -0.39 is 0 Å². The standard InChI is InChI=1S/C24H21ClN4O2S/c1-14-9-10-19(25)13-20(14)26-24-27-23(31)21(32-24)12-18-11-15(2)29(16(18)3)28-22(30)17-7-5-4-6-8-17/h4-13H,1-3H3,(H,28,30)(H,26,27,31)/b21-12-. The Morgan fingerprint density at radius 1 is 1.12 bits per heavy atom. The number of amidine groups is 1. The summed E-state index contributed by atoms with van der Waals surface area (Å²) in [6.07, 6.45) is 1.81. The van der Waals surface area contributed by atoms with Gasteiger partial charge < -0.3 is 5.32 Å². The Hall–Kier alpha value is -3.29. The number of rotatable bonds is 4. The monoisotopic (exact) mass is 464 g/mol. The summed E-state index contributed by atoms with van der Waals surface area (Å²) < 4.78 is 1.73. The summed E-state index contributed by atoms with van der Waals surface area (Å²) in [6.45, 7) is 5.73. The lowest BCUT2D eigenvalue weighted by Gasteiger charge is -2.11. The maximum atomic E-state index is 12.6. The van der Waals surface area contributed by atoms with Crippen molar-refractivity contribution < 1.29 is 9.59 Å². The highest BCUT2D eigenvalue weighted by Crippen LogP contribution is 2.31. The molecule has 2 heterocycles. The van der Waals surface area contributed by atoms with Crippen LogP contribution in [-0.4, -0.2) is 21.7 Å². The van der Waals surface area contributed by atoms with E-state index in [2.05, 4.69) is 15.7 Å². The molecule has 0 radical (unpaired) electrons. The van der Waals surface area contributed by atoms with Crippen molar-refractivity contribution in [3.05, 3.63) is 92.6 Å². The van der Waals surface area contributed by atoms with E-state index >= 15 is 0 Å². The number of amides is 2. The van der Waals surface area contributed by atoms with Crippen molar-refractivity contribution in [2.45, 2.75) is 20.8 Å². The first kappa shape index (κ1) is 21.9. The molecule has 8 heteroatoms. The number of aliphatic imine (C=N–C) groups is 1. The molecule has 0 spiro atoms. The molecule has 2 N–H and O–H groups in total. The largest absolute Gasteiger partial charge is 0.300 e. The van der Waals surface area contributed by atoms with Crippen LogP contribution in [0.25, 0.3) is 6.08 Å². The van der Waals surface area contributed by atoms with Crippen LogP contribution < -0.4 is 10.7 Å². The van der Waals surface area contributed by atoms with Crippen molar-refractivity contribution in [3.63, 3.8) is 0 Å². The fourth-order valence-electron chi connectivity index (χ4n) is 3.30. The van der Waals surface area contributed by atoms with Gasteiger partial charge in [-0.15, -0.1) is 0 Å². The second-order valence-electron chi connectivity index (χ2n) is 7.38. The highest BCUT2D eigenvalue weighted by Gasteiger charge is 2.25. The molecule has 1 aromatic heterocycles. The Bertz CT molecular complexity index is 1280. The summed E-state index contributed by atoms with van der Waals surface area (Å²) >= 11 is 7.34. The van der Waals surface area contributed by atoms with Crippen LogP contribution in [-0.2, 0) is 4.79 Å². The number of nitrogens with zero attached hydrogens (tertiary/aromatic N) is 2. The third-order valence-electron chi connectivity index (χ3n) is 5.05. The molecule has 1 aliphatic heterocycles. The molecule has 1 fully saturated rings. The maximum Gasteiger partial charge on any atom is 0.270 e. The predicted molar refractivity (Wildman–Crippen MR) is 131 cm³/mol. The van der Waals surface area contributed by atoms with Crippen LogP contribution in [0.1, 0.15) is 32.9 Å². The third-order valence-corrected chi connectivity index (χ3v) is 6.20. The van der Waals surface area contributed by atoms with E-state index in [0.29, 0.717) is 26.3 Å². The van der Waals surface area contributed by atoms with Gasteiger partial charge in [-0.05, 0) is 80.1 Å². The minimum atomic E-state index is -0.216. The van der Waals surface area contributed by atoms with Crippen molar-refractivity contribution in [1.29, 1.82) is 0 Å². The average molecular weight is 465 g/mol. The summed E-state index contributed by atoms with van der Waals surface area (Å²) in [5, 5.41) is 3.89. The molecule has 0 unspecified atom stereocenters. The van der Waals surface area contributed by atoms with E-state index in [1.54, 1.807) is 35.0 Å². The van der Waals surface area contributed by atoms with Crippen molar-refractivity contribution in [2.24, 2.45) is 4.99 Å². The van der Waals surface area contributed by atoms with Gasteiger partial charge in [0.25, 0.3) is 11.8 Å². The van der Waals surface area contributed by atoms with Crippen LogP contribution in [0.5, 0.6) is 0 Å². The fraction of sp³-hybridized carbons (Fsp3) is 0.125. The van der Waals surface area contributed by atoms with Gasteiger partial charge in [0.05, 0.1) is 10.6 Å². The van der Waals surface area contributed by atoms with Gasteiger partial charge >= 0.3 is 0 Å². The van der Waals surface area contributed by atoms with Crippen LogP contribution in [0.2, 0.25) is 5.02 Å². The maximum absolute atomic E-state index is 12.6. The Kier molecular flexibility index (Phi) is 6.21. The van der Waals surface area contributed by atoms with E-state index in [0.717, 1.165) is 22.5 Å². The highest BCUT2D eigenvalue weighted by molar-refractivity contribution is 8.18. The van der Waals surface area contributed by atoms with Crippen molar-refractivity contribution in [1.82, 2.24) is 9.99 Å². The van der Waals surface area contributed by atoms with Crippen molar-refractivity contribution in [3.8, 4) is 0 Å². The molecular weight excluding hydrogens is 444 g/mol. The van der Waals surface area contributed by atoms with E-state index in [1.807, 2.05) is 51.1 Å². The number of aryl methyl sites for hydroxylation is 2. The molecule has 3 aromatic rings. The van der Waals surface area contributed by atoms with Crippen LogP contribution >= 0.6 is 23.4 Å². The van der Waals surface area contributed by atoms with Gasteiger partial charge in [-0.1, -0.05) is 35.9 Å². The second kappa shape index (κ2) is 9.06. The van der Waals surface area contributed by atoms with E-state index in [-0.39, 0.29) is 11.8 Å². The summed E-state index contributed by atoms with van der Waals surface area (Å²) in [6, 6.07) is 16.4. The Labute approximate surface area is 195 Å². The first-order chi connectivity index (χ1) is 15.3. The molecule has 2 aromatic carbocycles. The molecule has 162 valence electrons. The Morgan fingerprint density at radius 3 is 2.62 bits per heavy atom. The van der Waals surface area contributed by atoms with Crippen molar-refractivity contribution >= 4 is 52.1 Å². The second-order valence-corrected chi connectivity index (χ2v) is 8.85. The Balaban J connectivity index is 1.57. The third kappa shape index (κ3) is 4.64. The molecule has 1 saturated heterocycles. The smallest absolute Gasteiger partial charge is 0.270 e. The number of hydrogen-bond donors (Lipinski definition) is 2. The molecule has 6 nitrogen and oxygen atoms in total. The molecule has 0 saturated carbocycles. The summed E-state index contributed by atoms with van der Waals surface area (Å²) in [5.41, 5.74) is 7.67. The molecule has 32 heavy (non-hydrogen) atoms. The van der Waals surface area contributed by atoms with Gasteiger partial charge in [0.2, 0.25) is 0 Å². The molecule has 0 bridgehead atoms. The van der Waals surface area contributed by atoms with Crippen LogP contribution in [0, 0.1) is 20.8 Å². The van der Waals surface area contributed by atoms with Crippen LogP contribution in [0.4, 0.5) is 5.69 Å². The zero-order valence-corrected chi connectivity index (χ0v) is 19.3. The number of nitrogens with one attached hydrogen (secondary N) is 2. The molecular formula is C24H21ClN4O2S. The number of thioether (sulfide) groups is 1. The Morgan fingerprint density at radius 2 is 1.88 bits per heavy atom. The minimum Gasteiger partial charge on any atom is -0.300 e. The highest BCUT2D eigenvalue weighted by atomic mass is 35.5. The van der Waals surface area contributed by atoms with Gasteiger partial charge in [0.15, 0.2) is 5.17 Å². The topological polar surface area (TPSA) is 75.5 Å². The van der Waals surface area contributed by atoms with Gasteiger partial charge in [-0.3, -0.25) is 19.7 Å². The summed E-state index contributed by atoms with van der Waals surface area (Å²) in [5.74, 6) is -0.419. The number of carbonyl (C=O) groups excluding carboxylic acids is 2. The van der Waals surface area contributed by atoms with Crippen LogP contribution in [0.15, 0.2) is 64.5 Å². The molecule has 0 atom stereocenters.